The number of fused-ring (bicyclic) bond motifs is 1. The summed E-state index contributed by atoms with van der Waals surface area (Å²) < 4.78 is 53.7. The number of amides is 1. The van der Waals surface area contributed by atoms with E-state index in [4.69, 9.17) is 0 Å². The first kappa shape index (κ1) is 21.2. The number of hydrogen-bond donors (Lipinski definition) is 2. The molecule has 2 N–H and O–H groups in total. The van der Waals surface area contributed by atoms with E-state index in [-0.39, 0.29) is 11.4 Å². The number of rotatable bonds is 4. The zero-order chi connectivity index (χ0) is 23.9. The molecule has 0 aliphatic heterocycles. The number of benzene rings is 2. The van der Waals surface area contributed by atoms with Gasteiger partial charge in [0.05, 0.1) is 29.2 Å². The van der Waals surface area contributed by atoms with Gasteiger partial charge in [0.2, 0.25) is 5.65 Å². The fraction of sp³-hybridized carbons (Fsp3) is 0.0476. The van der Waals surface area contributed by atoms with E-state index in [1.807, 2.05) is 0 Å². The van der Waals surface area contributed by atoms with Crippen molar-refractivity contribution in [2.24, 2.45) is 0 Å². The van der Waals surface area contributed by atoms with Gasteiger partial charge in [0.25, 0.3) is 5.91 Å². The van der Waals surface area contributed by atoms with E-state index in [9.17, 15) is 22.4 Å². The topological polar surface area (TPSA) is 114 Å². The van der Waals surface area contributed by atoms with Crippen molar-refractivity contribution in [3.05, 3.63) is 78.0 Å². The molecule has 170 valence electrons. The number of hydrogen-bond acceptors (Lipinski definition) is 6. The minimum atomic E-state index is -4.50. The Morgan fingerprint density at radius 2 is 1.82 bits per heavy atom. The van der Waals surface area contributed by atoms with E-state index in [0.717, 1.165) is 23.1 Å². The van der Waals surface area contributed by atoms with Crippen molar-refractivity contribution in [1.82, 2.24) is 35.2 Å². The molecule has 1 amide bonds. The molecule has 0 bridgehead atoms. The molecule has 0 saturated carbocycles. The largest absolute Gasteiger partial charge is 0.419 e. The smallest absolute Gasteiger partial charge is 0.322 e. The van der Waals surface area contributed by atoms with Crippen molar-refractivity contribution in [1.29, 1.82) is 0 Å². The molecular formula is C21H12F4N8O. The molecule has 0 saturated heterocycles. The molecule has 0 atom stereocenters. The second-order valence-corrected chi connectivity index (χ2v) is 7.09. The van der Waals surface area contributed by atoms with Crippen LogP contribution in [0, 0.1) is 5.82 Å². The molecule has 0 spiro atoms. The molecule has 0 radical (unpaired) electrons. The Balaban J connectivity index is 1.36. The second-order valence-electron chi connectivity index (χ2n) is 7.09. The van der Waals surface area contributed by atoms with Crippen LogP contribution in [0.4, 0.5) is 23.2 Å². The third-order valence-corrected chi connectivity index (χ3v) is 4.85. The van der Waals surface area contributed by atoms with Gasteiger partial charge in [-0.1, -0.05) is 0 Å². The van der Waals surface area contributed by atoms with Crippen LogP contribution in [0.5, 0.6) is 0 Å². The highest BCUT2D eigenvalue weighted by Crippen LogP contribution is 2.29. The number of anilines is 1. The number of aromatic nitrogens is 7. The number of carbonyl (C=O) groups is 1. The molecule has 0 aliphatic carbocycles. The Hall–Kier alpha value is -4.68. The Morgan fingerprint density at radius 3 is 2.56 bits per heavy atom. The van der Waals surface area contributed by atoms with E-state index in [2.05, 4.69) is 35.8 Å². The van der Waals surface area contributed by atoms with Crippen LogP contribution in [0.3, 0.4) is 0 Å². The number of nitrogens with zero attached hydrogens (tertiary/aromatic N) is 6. The molecule has 34 heavy (non-hydrogen) atoms. The summed E-state index contributed by atoms with van der Waals surface area (Å²) >= 11 is 0. The molecule has 0 fully saturated rings. The van der Waals surface area contributed by atoms with Crippen LogP contribution in [-0.2, 0) is 6.18 Å². The molecule has 13 heteroatoms. The normalized spacial score (nSPS) is 11.6. The van der Waals surface area contributed by atoms with Gasteiger partial charge in [0.1, 0.15) is 11.3 Å². The van der Waals surface area contributed by atoms with Crippen LogP contribution in [0.2, 0.25) is 0 Å². The Bertz CT molecular complexity index is 1510. The van der Waals surface area contributed by atoms with E-state index in [1.165, 1.54) is 42.6 Å². The van der Waals surface area contributed by atoms with E-state index in [0.29, 0.717) is 28.1 Å². The summed E-state index contributed by atoms with van der Waals surface area (Å²) in [6.07, 6.45) is -1.48. The van der Waals surface area contributed by atoms with Gasteiger partial charge in [-0.2, -0.15) is 28.6 Å². The maximum atomic E-state index is 14.4. The number of nitrogens with one attached hydrogen (secondary N) is 2. The first-order valence-corrected chi connectivity index (χ1v) is 9.65. The van der Waals surface area contributed by atoms with Crippen LogP contribution in [0.25, 0.3) is 28.2 Å². The molecule has 2 aromatic carbocycles. The molecule has 3 aromatic heterocycles. The summed E-state index contributed by atoms with van der Waals surface area (Å²) in [5.41, 5.74) is 0.700. The van der Waals surface area contributed by atoms with Crippen LogP contribution in [0.1, 0.15) is 15.9 Å². The lowest BCUT2D eigenvalue weighted by Gasteiger charge is -2.09. The molecular weight excluding hydrogens is 456 g/mol. The zero-order valence-corrected chi connectivity index (χ0v) is 16.9. The van der Waals surface area contributed by atoms with Gasteiger partial charge in [0, 0.05) is 17.4 Å². The first-order chi connectivity index (χ1) is 16.3. The minimum absolute atomic E-state index is 0.234. The van der Waals surface area contributed by atoms with Crippen LogP contribution in [-0.4, -0.2) is 41.1 Å². The van der Waals surface area contributed by atoms with Crippen LogP contribution >= 0.6 is 0 Å². The van der Waals surface area contributed by atoms with Gasteiger partial charge in [0.15, 0.2) is 5.82 Å². The first-order valence-electron chi connectivity index (χ1n) is 9.65. The summed E-state index contributed by atoms with van der Waals surface area (Å²) in [4.78, 5) is 21.1. The number of H-pyrrole nitrogens is 1. The van der Waals surface area contributed by atoms with Crippen LogP contribution in [0.15, 0.2) is 61.1 Å². The summed E-state index contributed by atoms with van der Waals surface area (Å²) in [7, 11) is 0. The highest BCUT2D eigenvalue weighted by Gasteiger charge is 2.32. The number of carbonyl (C=O) groups excluding carboxylic acids is 1. The van der Waals surface area contributed by atoms with Gasteiger partial charge in [-0.3, -0.25) is 4.79 Å². The van der Waals surface area contributed by atoms with Crippen molar-refractivity contribution >= 4 is 22.8 Å². The Labute approximate surface area is 187 Å². The van der Waals surface area contributed by atoms with E-state index in [1.54, 1.807) is 0 Å². The SMILES string of the molecule is O=C(Nc1ccc(-n2cc(C(F)(F)F)cn2)cc1)c1cc(-c2ncc3n[nH]nc3n2)ccc1F. The number of aromatic amines is 1. The van der Waals surface area contributed by atoms with Gasteiger partial charge in [-0.15, -0.1) is 5.10 Å². The van der Waals surface area contributed by atoms with Crippen molar-refractivity contribution in [2.75, 3.05) is 5.32 Å². The summed E-state index contributed by atoms with van der Waals surface area (Å²) in [6, 6.07) is 9.73. The lowest BCUT2D eigenvalue weighted by atomic mass is 10.1. The van der Waals surface area contributed by atoms with Gasteiger partial charge < -0.3 is 5.32 Å². The summed E-state index contributed by atoms with van der Waals surface area (Å²) in [6.45, 7) is 0. The molecule has 3 heterocycles. The lowest BCUT2D eigenvalue weighted by Crippen LogP contribution is -2.14. The average Bonchev–Trinajstić information content (AvgIpc) is 3.49. The van der Waals surface area contributed by atoms with Crippen molar-refractivity contribution in [3.63, 3.8) is 0 Å². The average molecular weight is 468 g/mol. The fourth-order valence-corrected chi connectivity index (χ4v) is 3.14. The lowest BCUT2D eigenvalue weighted by molar-refractivity contribution is -0.137. The quantitative estimate of drug-likeness (QED) is 0.385. The minimum Gasteiger partial charge on any atom is -0.322 e. The van der Waals surface area contributed by atoms with Gasteiger partial charge >= 0.3 is 6.18 Å². The van der Waals surface area contributed by atoms with Crippen LogP contribution < -0.4 is 5.32 Å². The molecule has 9 nitrogen and oxygen atoms in total. The third kappa shape index (κ3) is 4.05. The van der Waals surface area contributed by atoms with E-state index >= 15 is 0 Å². The predicted molar refractivity (Wildman–Crippen MR) is 111 cm³/mol. The maximum Gasteiger partial charge on any atom is 0.419 e. The number of halogens is 4. The van der Waals surface area contributed by atoms with Crippen molar-refractivity contribution in [2.45, 2.75) is 6.18 Å². The Kier molecular flexibility index (Phi) is 5.00. The highest BCUT2D eigenvalue weighted by atomic mass is 19.4. The molecule has 0 unspecified atom stereocenters. The van der Waals surface area contributed by atoms with Gasteiger partial charge in [-0.25, -0.2) is 19.0 Å². The highest BCUT2D eigenvalue weighted by molar-refractivity contribution is 6.05. The van der Waals surface area contributed by atoms with Crippen molar-refractivity contribution < 1.29 is 22.4 Å². The summed E-state index contributed by atoms with van der Waals surface area (Å²) in [5.74, 6) is -1.25. The Morgan fingerprint density at radius 1 is 1.03 bits per heavy atom. The molecule has 5 rings (SSSR count). The molecule has 0 aliphatic rings. The monoisotopic (exact) mass is 468 g/mol. The summed E-state index contributed by atoms with van der Waals surface area (Å²) in [5, 5.41) is 16.4. The second kappa shape index (κ2) is 8.03. The van der Waals surface area contributed by atoms with Crippen molar-refractivity contribution in [3.8, 4) is 17.1 Å². The van der Waals surface area contributed by atoms with E-state index < -0.39 is 23.5 Å². The standard InChI is InChI=1S/C21H12F4N8O/c22-16-6-1-11(18-26-9-17-19(29-18)31-32-30-17)7-15(16)20(34)28-13-2-4-14(5-3-13)33-10-12(8-27-33)21(23,24)25/h1-10H,(H,28,34)(H,26,29,30,31,32). The maximum absolute atomic E-state index is 14.4. The predicted octanol–water partition coefficient (Wildman–Crippen LogP) is 4.01. The molecule has 5 aromatic rings. The number of alkyl halides is 3. The third-order valence-electron chi connectivity index (χ3n) is 4.85. The van der Waals surface area contributed by atoms with Gasteiger partial charge in [-0.05, 0) is 42.5 Å². The zero-order valence-electron chi connectivity index (χ0n) is 16.9. The fourth-order valence-electron chi connectivity index (χ4n) is 3.14.